The molecule has 0 spiro atoms. The molecule has 0 radical (unpaired) electrons. The minimum atomic E-state index is -0.556. The fraction of sp³-hybridized carbons (Fsp3) is 0.188. The monoisotopic (exact) mass is 410 g/mol. The van der Waals surface area contributed by atoms with Gasteiger partial charge in [-0.05, 0) is 40.3 Å². The molecule has 126 valence electrons. The van der Waals surface area contributed by atoms with Gasteiger partial charge < -0.3 is 9.47 Å². The number of carbonyl (C=O) groups is 2. The second kappa shape index (κ2) is 7.59. The highest BCUT2D eigenvalue weighted by Gasteiger charge is 2.32. The summed E-state index contributed by atoms with van der Waals surface area (Å²) < 4.78 is 11.2. The van der Waals surface area contributed by atoms with Gasteiger partial charge in [-0.2, -0.15) is 0 Å². The highest BCUT2D eigenvalue weighted by Crippen LogP contribution is 2.34. The Morgan fingerprint density at radius 1 is 1.29 bits per heavy atom. The number of carbonyl (C=O) groups excluding carboxylic acids is 2. The van der Waals surface area contributed by atoms with E-state index in [1.807, 2.05) is 0 Å². The summed E-state index contributed by atoms with van der Waals surface area (Å²) in [7, 11) is 3.02. The third-order valence-corrected chi connectivity index (χ3v) is 4.24. The zero-order valence-electron chi connectivity index (χ0n) is 13.1. The van der Waals surface area contributed by atoms with Crippen LogP contribution in [-0.4, -0.2) is 42.6 Å². The van der Waals surface area contributed by atoms with Crippen molar-refractivity contribution in [1.82, 2.24) is 10.2 Å². The summed E-state index contributed by atoms with van der Waals surface area (Å²) in [5.74, 6) is -0.00796. The molecule has 1 aromatic rings. The molecule has 0 unspecified atom stereocenters. The normalized spacial score (nSPS) is 16.2. The van der Waals surface area contributed by atoms with Crippen molar-refractivity contribution in [2.24, 2.45) is 0 Å². The van der Waals surface area contributed by atoms with E-state index in [0.29, 0.717) is 21.5 Å². The lowest BCUT2D eigenvalue weighted by Crippen LogP contribution is -2.53. The molecule has 0 atom stereocenters. The summed E-state index contributed by atoms with van der Waals surface area (Å²) >= 11 is 8.39. The molecular formula is C16H15BrN2O4S. The average molecular weight is 411 g/mol. The highest BCUT2D eigenvalue weighted by atomic mass is 79.9. The molecule has 8 heteroatoms. The Balaban J connectivity index is 2.51. The first kappa shape index (κ1) is 18.2. The lowest BCUT2D eigenvalue weighted by Gasteiger charge is -2.27. The van der Waals surface area contributed by atoms with Gasteiger partial charge in [-0.3, -0.25) is 19.8 Å². The molecular weight excluding hydrogens is 396 g/mol. The van der Waals surface area contributed by atoms with Crippen molar-refractivity contribution in [3.05, 3.63) is 40.4 Å². The SMILES string of the molecule is C=CCN1C(=O)/C(=C\c2cc(Br)c(OC)cc2OC)C(=O)NC1=S. The topological polar surface area (TPSA) is 67.9 Å². The van der Waals surface area contributed by atoms with E-state index in [1.54, 1.807) is 12.1 Å². The molecule has 1 saturated heterocycles. The quantitative estimate of drug-likeness (QED) is 0.349. The molecule has 2 rings (SSSR count). The van der Waals surface area contributed by atoms with E-state index in [2.05, 4.69) is 27.8 Å². The number of amides is 2. The zero-order valence-corrected chi connectivity index (χ0v) is 15.5. The predicted molar refractivity (Wildman–Crippen MR) is 97.9 cm³/mol. The van der Waals surface area contributed by atoms with Crippen LogP contribution in [0.3, 0.4) is 0 Å². The Kier molecular flexibility index (Phi) is 5.74. The molecule has 1 N–H and O–H groups in total. The van der Waals surface area contributed by atoms with E-state index < -0.39 is 11.8 Å². The maximum Gasteiger partial charge on any atom is 0.265 e. The van der Waals surface area contributed by atoms with Crippen molar-refractivity contribution in [1.29, 1.82) is 0 Å². The van der Waals surface area contributed by atoms with Crippen LogP contribution in [-0.2, 0) is 9.59 Å². The van der Waals surface area contributed by atoms with E-state index in [0.717, 1.165) is 0 Å². The Bertz CT molecular complexity index is 761. The Hall–Kier alpha value is -2.19. The second-order valence-corrected chi connectivity index (χ2v) is 5.99. The lowest BCUT2D eigenvalue weighted by atomic mass is 10.1. The van der Waals surface area contributed by atoms with Crippen molar-refractivity contribution in [2.45, 2.75) is 0 Å². The number of benzene rings is 1. The molecule has 0 aliphatic carbocycles. The van der Waals surface area contributed by atoms with Gasteiger partial charge >= 0.3 is 0 Å². The molecule has 0 saturated carbocycles. The summed E-state index contributed by atoms with van der Waals surface area (Å²) in [5.41, 5.74) is 0.510. The van der Waals surface area contributed by atoms with Gasteiger partial charge in [0.25, 0.3) is 11.8 Å². The summed E-state index contributed by atoms with van der Waals surface area (Å²) in [4.78, 5) is 26.0. The van der Waals surface area contributed by atoms with Gasteiger partial charge in [0, 0.05) is 18.2 Å². The number of ether oxygens (including phenoxy) is 2. The molecule has 2 amide bonds. The number of hydrogen-bond acceptors (Lipinski definition) is 5. The number of methoxy groups -OCH3 is 2. The zero-order chi connectivity index (χ0) is 17.9. The van der Waals surface area contributed by atoms with Crippen LogP contribution in [0.1, 0.15) is 5.56 Å². The molecule has 0 aromatic heterocycles. The first-order valence-corrected chi connectivity index (χ1v) is 8.04. The largest absolute Gasteiger partial charge is 0.496 e. The minimum absolute atomic E-state index is 0.0409. The van der Waals surface area contributed by atoms with E-state index in [4.69, 9.17) is 21.7 Å². The number of nitrogens with zero attached hydrogens (tertiary/aromatic N) is 1. The summed E-state index contributed by atoms with van der Waals surface area (Å²) in [5, 5.41) is 2.55. The fourth-order valence-electron chi connectivity index (χ4n) is 2.14. The molecule has 24 heavy (non-hydrogen) atoms. The maximum atomic E-state index is 12.5. The van der Waals surface area contributed by atoms with Gasteiger partial charge in [0.2, 0.25) is 0 Å². The minimum Gasteiger partial charge on any atom is -0.496 e. The van der Waals surface area contributed by atoms with E-state index in [9.17, 15) is 9.59 Å². The average Bonchev–Trinajstić information content (AvgIpc) is 2.55. The number of nitrogens with one attached hydrogen (secondary N) is 1. The molecule has 0 bridgehead atoms. The summed E-state index contributed by atoms with van der Waals surface area (Å²) in [6.07, 6.45) is 2.99. The second-order valence-electron chi connectivity index (χ2n) is 4.75. The highest BCUT2D eigenvalue weighted by molar-refractivity contribution is 9.10. The number of thiocarbonyl (C=S) groups is 1. The molecule has 1 heterocycles. The molecule has 1 aromatic carbocycles. The third kappa shape index (κ3) is 3.49. The van der Waals surface area contributed by atoms with Crippen molar-refractivity contribution in [2.75, 3.05) is 20.8 Å². The Labute approximate surface area is 153 Å². The summed E-state index contributed by atoms with van der Waals surface area (Å²) in [6, 6.07) is 3.36. The van der Waals surface area contributed by atoms with Crippen molar-refractivity contribution >= 4 is 51.2 Å². The van der Waals surface area contributed by atoms with E-state index in [-0.39, 0.29) is 17.2 Å². The van der Waals surface area contributed by atoms with Crippen LogP contribution in [0.15, 0.2) is 34.8 Å². The van der Waals surface area contributed by atoms with Crippen LogP contribution < -0.4 is 14.8 Å². The van der Waals surface area contributed by atoms with Crippen LogP contribution >= 0.6 is 28.1 Å². The van der Waals surface area contributed by atoms with E-state index >= 15 is 0 Å². The number of halogens is 1. The van der Waals surface area contributed by atoms with Crippen molar-refractivity contribution < 1.29 is 19.1 Å². The summed E-state index contributed by atoms with van der Waals surface area (Å²) in [6.45, 7) is 3.79. The van der Waals surface area contributed by atoms with E-state index in [1.165, 1.54) is 31.3 Å². The van der Waals surface area contributed by atoms with Crippen LogP contribution in [0.4, 0.5) is 0 Å². The van der Waals surface area contributed by atoms with Crippen LogP contribution in [0, 0.1) is 0 Å². The van der Waals surface area contributed by atoms with Crippen LogP contribution in [0.25, 0.3) is 6.08 Å². The van der Waals surface area contributed by atoms with Gasteiger partial charge in [0.05, 0.1) is 18.7 Å². The molecule has 1 fully saturated rings. The van der Waals surface area contributed by atoms with Gasteiger partial charge in [-0.1, -0.05) is 6.08 Å². The van der Waals surface area contributed by atoms with Crippen molar-refractivity contribution in [3.63, 3.8) is 0 Å². The smallest absolute Gasteiger partial charge is 0.265 e. The molecule has 6 nitrogen and oxygen atoms in total. The van der Waals surface area contributed by atoms with Gasteiger partial charge in [-0.25, -0.2) is 0 Å². The number of hydrogen-bond donors (Lipinski definition) is 1. The number of rotatable bonds is 5. The Morgan fingerprint density at radius 2 is 1.96 bits per heavy atom. The molecule has 1 aliphatic rings. The molecule has 1 aliphatic heterocycles. The van der Waals surface area contributed by atoms with Gasteiger partial charge in [0.15, 0.2) is 5.11 Å². The maximum absolute atomic E-state index is 12.5. The Morgan fingerprint density at radius 3 is 2.54 bits per heavy atom. The standard InChI is InChI=1S/C16H15BrN2O4S/c1-4-5-19-15(21)10(14(20)18-16(19)24)6-9-7-11(17)13(23-3)8-12(9)22-2/h4,6-8H,1,5H2,2-3H3,(H,18,20,24)/b10-6-. The lowest BCUT2D eigenvalue weighted by molar-refractivity contribution is -0.128. The van der Waals surface area contributed by atoms with Crippen LogP contribution in [0.5, 0.6) is 11.5 Å². The first-order chi connectivity index (χ1) is 11.4. The van der Waals surface area contributed by atoms with Gasteiger partial charge in [-0.15, -0.1) is 6.58 Å². The van der Waals surface area contributed by atoms with Crippen LogP contribution in [0.2, 0.25) is 0 Å². The first-order valence-electron chi connectivity index (χ1n) is 6.84. The predicted octanol–water partition coefficient (Wildman–Crippen LogP) is 2.28. The third-order valence-electron chi connectivity index (χ3n) is 3.30. The van der Waals surface area contributed by atoms with Crippen molar-refractivity contribution in [3.8, 4) is 11.5 Å². The fourth-order valence-corrected chi connectivity index (χ4v) is 2.91. The van der Waals surface area contributed by atoms with Gasteiger partial charge in [0.1, 0.15) is 17.1 Å².